The molecule has 1 aromatic carbocycles. The fourth-order valence-electron chi connectivity index (χ4n) is 2.41. The minimum Gasteiger partial charge on any atom is -0.358 e. The first-order chi connectivity index (χ1) is 11.4. The second-order valence-electron chi connectivity index (χ2n) is 5.10. The van der Waals surface area contributed by atoms with E-state index in [9.17, 15) is 18.0 Å². The maximum atomic E-state index is 12.6. The zero-order valence-corrected chi connectivity index (χ0v) is 13.3. The maximum Gasteiger partial charge on any atom is 0.433 e. The number of carbonyl (C=O) groups is 1. The van der Waals surface area contributed by atoms with Gasteiger partial charge in [0.05, 0.1) is 5.75 Å². The van der Waals surface area contributed by atoms with E-state index >= 15 is 0 Å². The molecule has 0 unspecified atom stereocenters. The molecule has 0 bridgehead atoms. The predicted octanol–water partition coefficient (Wildman–Crippen LogP) is 4.26. The topological polar surface area (TPSA) is 58.6 Å². The van der Waals surface area contributed by atoms with E-state index in [1.807, 2.05) is 24.3 Å². The lowest BCUT2D eigenvalue weighted by Crippen LogP contribution is -2.09. The Labute approximate surface area is 139 Å². The van der Waals surface area contributed by atoms with E-state index in [0.29, 0.717) is 5.56 Å². The van der Waals surface area contributed by atoms with Gasteiger partial charge in [-0.15, -0.1) is 0 Å². The Balaban J connectivity index is 1.80. The van der Waals surface area contributed by atoms with Crippen LogP contribution in [0, 0.1) is 6.92 Å². The van der Waals surface area contributed by atoms with Crippen LogP contribution < -0.4 is 0 Å². The van der Waals surface area contributed by atoms with E-state index in [0.717, 1.165) is 40.6 Å². The number of alkyl halides is 3. The van der Waals surface area contributed by atoms with E-state index in [2.05, 4.69) is 15.0 Å². The van der Waals surface area contributed by atoms with Crippen LogP contribution in [0.5, 0.6) is 0 Å². The summed E-state index contributed by atoms with van der Waals surface area (Å²) in [6, 6.07) is 8.18. The highest BCUT2D eigenvalue weighted by Gasteiger charge is 2.32. The molecule has 0 radical (unpaired) electrons. The van der Waals surface area contributed by atoms with Crippen LogP contribution in [0.1, 0.15) is 21.7 Å². The van der Waals surface area contributed by atoms with Crippen molar-refractivity contribution in [3.05, 3.63) is 53.5 Å². The highest BCUT2D eigenvalue weighted by molar-refractivity contribution is 7.99. The number of benzene rings is 1. The lowest BCUT2D eigenvalue weighted by molar-refractivity contribution is -0.141. The summed E-state index contributed by atoms with van der Waals surface area (Å²) >= 11 is 0.889. The standard InChI is InChI=1S/C16H12F3N3OS/c1-9-14(10-4-2-3-5-11(10)21-9)12(23)8-24-15-20-7-6-13(22-15)16(17,18)19/h2-7,21H,8H2,1H3. The van der Waals surface area contributed by atoms with Gasteiger partial charge in [0.25, 0.3) is 0 Å². The molecule has 0 fully saturated rings. The Morgan fingerprint density at radius 3 is 2.75 bits per heavy atom. The Hall–Kier alpha value is -2.35. The van der Waals surface area contributed by atoms with Crippen LogP contribution in [0.3, 0.4) is 0 Å². The number of carbonyl (C=O) groups excluding carboxylic acids is 1. The van der Waals surface area contributed by atoms with Crippen molar-refractivity contribution in [3.8, 4) is 0 Å². The van der Waals surface area contributed by atoms with Crippen molar-refractivity contribution in [2.75, 3.05) is 5.75 Å². The number of aryl methyl sites for hydroxylation is 1. The summed E-state index contributed by atoms with van der Waals surface area (Å²) in [6.45, 7) is 1.79. The average Bonchev–Trinajstić information content (AvgIpc) is 2.88. The zero-order chi connectivity index (χ0) is 17.3. The van der Waals surface area contributed by atoms with Crippen molar-refractivity contribution in [1.82, 2.24) is 15.0 Å². The maximum absolute atomic E-state index is 12.6. The predicted molar refractivity (Wildman–Crippen MR) is 85.1 cm³/mol. The van der Waals surface area contributed by atoms with E-state index in [1.165, 1.54) is 0 Å². The lowest BCUT2D eigenvalue weighted by atomic mass is 10.1. The average molecular weight is 351 g/mol. The number of Topliss-reactive ketones (excluding diaryl/α,β-unsaturated/α-hetero) is 1. The SMILES string of the molecule is Cc1[nH]c2ccccc2c1C(=O)CSc1nccc(C(F)(F)F)n1. The highest BCUT2D eigenvalue weighted by Crippen LogP contribution is 2.29. The molecule has 4 nitrogen and oxygen atoms in total. The van der Waals surface area contributed by atoms with Crippen LogP contribution in [0.15, 0.2) is 41.7 Å². The first kappa shape index (κ1) is 16.5. The van der Waals surface area contributed by atoms with Crippen LogP contribution in [0.25, 0.3) is 10.9 Å². The molecule has 0 amide bonds. The fraction of sp³-hybridized carbons (Fsp3) is 0.188. The van der Waals surface area contributed by atoms with Crippen molar-refractivity contribution in [2.45, 2.75) is 18.3 Å². The molecule has 0 atom stereocenters. The summed E-state index contributed by atoms with van der Waals surface area (Å²) in [7, 11) is 0. The molecule has 3 aromatic rings. The Morgan fingerprint density at radius 1 is 1.25 bits per heavy atom. The van der Waals surface area contributed by atoms with Crippen molar-refractivity contribution in [1.29, 1.82) is 0 Å². The number of thioether (sulfide) groups is 1. The third-order valence-electron chi connectivity index (χ3n) is 3.43. The van der Waals surface area contributed by atoms with Crippen molar-refractivity contribution >= 4 is 28.4 Å². The van der Waals surface area contributed by atoms with E-state index < -0.39 is 11.9 Å². The molecular weight excluding hydrogens is 339 g/mol. The first-order valence-electron chi connectivity index (χ1n) is 7.00. The molecule has 0 spiro atoms. The first-order valence-corrected chi connectivity index (χ1v) is 7.98. The third-order valence-corrected chi connectivity index (χ3v) is 4.29. The minimum absolute atomic E-state index is 0.0377. The molecule has 3 rings (SSSR count). The van der Waals surface area contributed by atoms with Crippen molar-refractivity contribution in [3.63, 3.8) is 0 Å². The summed E-state index contributed by atoms with van der Waals surface area (Å²) in [5.41, 5.74) is 1.10. The molecule has 0 saturated carbocycles. The number of aromatic nitrogens is 3. The Kier molecular flexibility index (Phi) is 4.31. The van der Waals surface area contributed by atoms with Gasteiger partial charge in [0.1, 0.15) is 5.69 Å². The second kappa shape index (κ2) is 6.27. The van der Waals surface area contributed by atoms with Gasteiger partial charge in [0, 0.05) is 28.4 Å². The van der Waals surface area contributed by atoms with Gasteiger partial charge in [-0.1, -0.05) is 30.0 Å². The molecule has 24 heavy (non-hydrogen) atoms. The number of nitrogens with one attached hydrogen (secondary N) is 1. The number of hydrogen-bond acceptors (Lipinski definition) is 4. The summed E-state index contributed by atoms with van der Waals surface area (Å²) < 4.78 is 37.9. The molecular formula is C16H12F3N3OS. The molecule has 0 aliphatic carbocycles. The number of aromatic amines is 1. The number of halogens is 3. The summed E-state index contributed by atoms with van der Waals surface area (Å²) in [4.78, 5) is 22.8. The summed E-state index contributed by atoms with van der Waals surface area (Å²) in [5.74, 6) is -0.222. The molecule has 2 heterocycles. The van der Waals surface area contributed by atoms with Gasteiger partial charge in [-0.25, -0.2) is 9.97 Å². The number of para-hydroxylation sites is 1. The van der Waals surface area contributed by atoms with Gasteiger partial charge in [-0.3, -0.25) is 4.79 Å². The van der Waals surface area contributed by atoms with Crippen LogP contribution in [-0.4, -0.2) is 26.5 Å². The van der Waals surface area contributed by atoms with E-state index in [1.54, 1.807) is 6.92 Å². The number of nitrogens with zero attached hydrogens (tertiary/aromatic N) is 2. The van der Waals surface area contributed by atoms with Crippen molar-refractivity contribution in [2.24, 2.45) is 0 Å². The highest BCUT2D eigenvalue weighted by atomic mass is 32.2. The van der Waals surface area contributed by atoms with Crippen LogP contribution in [0.4, 0.5) is 13.2 Å². The van der Waals surface area contributed by atoms with Crippen LogP contribution in [0.2, 0.25) is 0 Å². The smallest absolute Gasteiger partial charge is 0.358 e. The lowest BCUT2D eigenvalue weighted by Gasteiger charge is -2.06. The third kappa shape index (κ3) is 3.28. The van der Waals surface area contributed by atoms with Crippen LogP contribution >= 0.6 is 11.8 Å². The molecule has 0 saturated heterocycles. The number of ketones is 1. The molecule has 2 aromatic heterocycles. The minimum atomic E-state index is -4.53. The van der Waals surface area contributed by atoms with E-state index in [4.69, 9.17) is 0 Å². The molecule has 1 N–H and O–H groups in total. The van der Waals surface area contributed by atoms with Gasteiger partial charge >= 0.3 is 6.18 Å². The molecule has 0 aliphatic rings. The zero-order valence-electron chi connectivity index (χ0n) is 12.5. The summed E-state index contributed by atoms with van der Waals surface area (Å²) in [5, 5.41) is 0.723. The number of rotatable bonds is 4. The molecule has 124 valence electrons. The number of fused-ring (bicyclic) bond motifs is 1. The van der Waals surface area contributed by atoms with Gasteiger partial charge in [0.15, 0.2) is 10.9 Å². The number of H-pyrrole nitrogens is 1. The quantitative estimate of drug-likeness (QED) is 0.433. The van der Waals surface area contributed by atoms with E-state index in [-0.39, 0.29) is 16.7 Å². The fourth-order valence-corrected chi connectivity index (χ4v) is 3.11. The van der Waals surface area contributed by atoms with Crippen LogP contribution in [-0.2, 0) is 6.18 Å². The largest absolute Gasteiger partial charge is 0.433 e. The monoisotopic (exact) mass is 351 g/mol. The van der Waals surface area contributed by atoms with Gasteiger partial charge in [-0.05, 0) is 19.1 Å². The van der Waals surface area contributed by atoms with Gasteiger partial charge < -0.3 is 4.98 Å². The van der Waals surface area contributed by atoms with Gasteiger partial charge in [0.2, 0.25) is 0 Å². The summed E-state index contributed by atoms with van der Waals surface area (Å²) in [6.07, 6.45) is -3.49. The Morgan fingerprint density at radius 2 is 2.00 bits per heavy atom. The Bertz CT molecular complexity index is 905. The van der Waals surface area contributed by atoms with Crippen molar-refractivity contribution < 1.29 is 18.0 Å². The second-order valence-corrected chi connectivity index (χ2v) is 6.05. The molecule has 0 aliphatic heterocycles. The normalized spacial score (nSPS) is 11.8. The number of hydrogen-bond donors (Lipinski definition) is 1. The molecule has 8 heteroatoms. The van der Waals surface area contributed by atoms with Gasteiger partial charge in [-0.2, -0.15) is 13.2 Å².